The van der Waals surface area contributed by atoms with E-state index in [1.54, 1.807) is 0 Å². The lowest BCUT2D eigenvalue weighted by Gasteiger charge is -2.52. The Morgan fingerprint density at radius 1 is 0.774 bits per heavy atom. The Morgan fingerprint density at radius 2 is 1.19 bits per heavy atom. The second kappa shape index (κ2) is 8.06. The van der Waals surface area contributed by atoms with Crippen LogP contribution in [0.4, 0.5) is 61.5 Å². The molecule has 0 bridgehead atoms. The second-order valence-corrected chi connectivity index (χ2v) is 7.03. The predicted octanol–water partition coefficient (Wildman–Crippen LogP) is 6.59. The van der Waals surface area contributed by atoms with E-state index in [4.69, 9.17) is 0 Å². The first kappa shape index (κ1) is 28.0. The molecule has 1 rings (SSSR count). The van der Waals surface area contributed by atoms with Crippen LogP contribution in [0.2, 0.25) is 0 Å². The maximum atomic E-state index is 14.8. The number of hydrogen-bond donors (Lipinski definition) is 0. The van der Waals surface area contributed by atoms with Gasteiger partial charge >= 0.3 is 36.0 Å². The summed E-state index contributed by atoms with van der Waals surface area (Å²) < 4.78 is 196. The Bertz CT molecular complexity index is 591. The van der Waals surface area contributed by atoms with Crippen LogP contribution < -0.4 is 0 Å². The number of alkyl halides is 14. The van der Waals surface area contributed by atoms with Crippen LogP contribution >= 0.6 is 0 Å². The molecule has 0 spiro atoms. The first-order chi connectivity index (χ1) is 13.5. The minimum atomic E-state index is -6.96. The van der Waals surface area contributed by atoms with Crippen LogP contribution in [0.25, 0.3) is 0 Å². The average molecular weight is 494 g/mol. The summed E-state index contributed by atoms with van der Waals surface area (Å²) in [5, 5.41) is 0. The summed E-state index contributed by atoms with van der Waals surface area (Å²) >= 11 is 0. The summed E-state index contributed by atoms with van der Waals surface area (Å²) in [5.41, 5.74) is -12.8. The quantitative estimate of drug-likeness (QED) is 0.402. The van der Waals surface area contributed by atoms with Gasteiger partial charge in [-0.3, -0.25) is 0 Å². The van der Waals surface area contributed by atoms with Crippen molar-refractivity contribution in [2.75, 3.05) is 6.61 Å². The van der Waals surface area contributed by atoms with E-state index in [1.807, 2.05) is 0 Å². The number of rotatable bonds is 5. The van der Waals surface area contributed by atoms with E-state index in [1.165, 1.54) is 0 Å². The Labute approximate surface area is 165 Å². The molecular formula is C15H16F14O2. The van der Waals surface area contributed by atoms with E-state index >= 15 is 0 Å². The molecule has 0 radical (unpaired) electrons. The summed E-state index contributed by atoms with van der Waals surface area (Å²) in [7, 11) is 0. The summed E-state index contributed by atoms with van der Waals surface area (Å²) in [6, 6.07) is 0. The van der Waals surface area contributed by atoms with Gasteiger partial charge in [-0.05, 0) is 19.8 Å². The van der Waals surface area contributed by atoms with Crippen molar-refractivity contribution in [3.05, 3.63) is 0 Å². The van der Waals surface area contributed by atoms with Gasteiger partial charge in [-0.2, -0.15) is 52.7 Å². The summed E-state index contributed by atoms with van der Waals surface area (Å²) in [5.74, 6) is -8.41. The molecule has 1 aliphatic rings. The Kier molecular flexibility index (Phi) is 7.27. The number of hydrogen-bond acceptors (Lipinski definition) is 2. The summed E-state index contributed by atoms with van der Waals surface area (Å²) in [6.45, 7) is 0.370. The minimum Gasteiger partial charge on any atom is -0.346 e. The lowest BCUT2D eigenvalue weighted by atomic mass is 9.73. The molecule has 0 aliphatic carbocycles. The molecule has 0 N–H and O–H groups in total. The molecule has 3 unspecified atom stereocenters. The first-order valence-electron chi connectivity index (χ1n) is 8.48. The zero-order valence-electron chi connectivity index (χ0n) is 15.6. The molecule has 1 saturated heterocycles. The summed E-state index contributed by atoms with van der Waals surface area (Å²) in [6.07, 6.45) is -34.6. The van der Waals surface area contributed by atoms with Crippen molar-refractivity contribution in [1.82, 2.24) is 0 Å². The van der Waals surface area contributed by atoms with Crippen LogP contribution in [-0.4, -0.2) is 54.5 Å². The fraction of sp³-hybridized carbons (Fsp3) is 1.00. The fourth-order valence-electron chi connectivity index (χ4n) is 3.43. The Morgan fingerprint density at radius 3 is 1.52 bits per heavy atom. The zero-order valence-corrected chi connectivity index (χ0v) is 15.6. The second-order valence-electron chi connectivity index (χ2n) is 7.03. The van der Waals surface area contributed by atoms with Crippen molar-refractivity contribution >= 4 is 0 Å². The molecule has 186 valence electrons. The molecule has 1 aliphatic heterocycles. The highest BCUT2D eigenvalue weighted by atomic mass is 19.4. The molecule has 0 aromatic rings. The maximum absolute atomic E-state index is 14.8. The van der Waals surface area contributed by atoms with Crippen molar-refractivity contribution < 1.29 is 70.9 Å². The van der Waals surface area contributed by atoms with Gasteiger partial charge in [0.15, 0.2) is 0 Å². The highest BCUT2D eigenvalue weighted by Gasteiger charge is 2.86. The molecule has 0 amide bonds. The van der Waals surface area contributed by atoms with Gasteiger partial charge in [0.1, 0.15) is 0 Å². The molecule has 31 heavy (non-hydrogen) atoms. The van der Waals surface area contributed by atoms with Crippen molar-refractivity contribution in [2.45, 2.75) is 81.0 Å². The molecule has 16 heteroatoms. The van der Waals surface area contributed by atoms with Crippen LogP contribution in [-0.2, 0) is 9.47 Å². The minimum absolute atomic E-state index is 0.435. The van der Waals surface area contributed by atoms with Gasteiger partial charge < -0.3 is 9.47 Å². The smallest absolute Gasteiger partial charge is 0.346 e. The highest BCUT2D eigenvalue weighted by molar-refractivity contribution is 5.12. The third-order valence-electron chi connectivity index (χ3n) is 4.76. The van der Waals surface area contributed by atoms with E-state index in [2.05, 4.69) is 9.47 Å². The van der Waals surface area contributed by atoms with Crippen LogP contribution in [0.1, 0.15) is 33.1 Å². The van der Waals surface area contributed by atoms with Crippen molar-refractivity contribution in [1.29, 1.82) is 0 Å². The average Bonchev–Trinajstić information content (AvgIpc) is 2.53. The zero-order chi connectivity index (χ0) is 24.9. The number of halogens is 14. The lowest BCUT2D eigenvalue weighted by molar-refractivity contribution is -0.464. The van der Waals surface area contributed by atoms with Crippen LogP contribution in [0.3, 0.4) is 0 Å². The lowest BCUT2D eigenvalue weighted by Crippen LogP contribution is -2.74. The molecule has 0 aromatic carbocycles. The van der Waals surface area contributed by atoms with Gasteiger partial charge in [-0.1, -0.05) is 6.92 Å². The first-order valence-corrected chi connectivity index (χ1v) is 8.48. The molecule has 1 fully saturated rings. The highest BCUT2D eigenvalue weighted by Crippen LogP contribution is 2.62. The van der Waals surface area contributed by atoms with Gasteiger partial charge in [-0.25, -0.2) is 8.78 Å². The molecule has 3 atom stereocenters. The third kappa shape index (κ3) is 4.42. The Balaban J connectivity index is 3.84. The van der Waals surface area contributed by atoms with E-state index in [0.717, 1.165) is 6.92 Å². The predicted molar refractivity (Wildman–Crippen MR) is 74.1 cm³/mol. The van der Waals surface area contributed by atoms with Gasteiger partial charge in [0.25, 0.3) is 0 Å². The SMILES string of the molecule is CCCOC1(C(F)(C(F)(F)F)C(F)(F)F)CC(C(F)(C(F)(F)F)C(F)(F)F)CC(C)O1. The van der Waals surface area contributed by atoms with Gasteiger partial charge in [0.2, 0.25) is 5.79 Å². The standard InChI is InChI=1S/C15H16F14O2/c1-3-4-30-9(11(17,14(24,25)26)15(27,28)29)6-8(5-7(2)31-9)10(16,12(18,19)20)13(21,22)23/h7-8H,3-6H2,1-2H3. The fourth-order valence-corrected chi connectivity index (χ4v) is 3.43. The van der Waals surface area contributed by atoms with Crippen molar-refractivity contribution in [3.8, 4) is 0 Å². The maximum Gasteiger partial charge on any atom is 0.437 e. The largest absolute Gasteiger partial charge is 0.437 e. The van der Waals surface area contributed by atoms with E-state index < -0.39 is 79.7 Å². The topological polar surface area (TPSA) is 18.5 Å². The molecule has 1 heterocycles. The number of ether oxygens (including phenoxy) is 2. The molecule has 0 aromatic heterocycles. The monoisotopic (exact) mass is 494 g/mol. The third-order valence-corrected chi connectivity index (χ3v) is 4.76. The van der Waals surface area contributed by atoms with E-state index in [0.29, 0.717) is 6.92 Å². The molecule has 0 saturated carbocycles. The van der Waals surface area contributed by atoms with Gasteiger partial charge in [0, 0.05) is 18.9 Å². The van der Waals surface area contributed by atoms with Crippen LogP contribution in [0, 0.1) is 5.92 Å². The van der Waals surface area contributed by atoms with Crippen molar-refractivity contribution in [3.63, 3.8) is 0 Å². The van der Waals surface area contributed by atoms with E-state index in [-0.39, 0.29) is 0 Å². The van der Waals surface area contributed by atoms with Crippen molar-refractivity contribution in [2.24, 2.45) is 5.92 Å². The molecule has 2 nitrogen and oxygen atoms in total. The normalized spacial score (nSPS) is 27.5. The van der Waals surface area contributed by atoms with Gasteiger partial charge in [-0.15, -0.1) is 0 Å². The Hall–Kier alpha value is -1.06. The van der Waals surface area contributed by atoms with Crippen LogP contribution in [0.5, 0.6) is 0 Å². The molecular weight excluding hydrogens is 478 g/mol. The van der Waals surface area contributed by atoms with E-state index in [9.17, 15) is 61.5 Å². The van der Waals surface area contributed by atoms with Crippen LogP contribution in [0.15, 0.2) is 0 Å². The summed E-state index contributed by atoms with van der Waals surface area (Å²) in [4.78, 5) is 0. The van der Waals surface area contributed by atoms with Gasteiger partial charge in [0.05, 0.1) is 6.10 Å².